The maximum absolute atomic E-state index is 4.62. The normalized spacial score (nSPS) is 27.6. The minimum absolute atomic E-state index is 0.515. The number of rotatable bonds is 3. The molecule has 0 amide bonds. The van der Waals surface area contributed by atoms with Crippen LogP contribution in [0.15, 0.2) is 6.33 Å². The SMILES string of the molecule is C[C@H]1CC(N(C)C)C[C@@H](Nc2ncnc3sc4c(c23)CCC4)C1. The first-order valence-corrected chi connectivity index (χ1v) is 9.61. The highest BCUT2D eigenvalue weighted by atomic mass is 32.1. The van der Waals surface area contributed by atoms with Crippen molar-refractivity contribution in [2.45, 2.75) is 57.5 Å². The van der Waals surface area contributed by atoms with Crippen LogP contribution in [0, 0.1) is 5.92 Å². The molecule has 1 N–H and O–H groups in total. The third-order valence-electron chi connectivity index (χ3n) is 5.49. The predicted molar refractivity (Wildman–Crippen MR) is 97.3 cm³/mol. The molecule has 1 unspecified atom stereocenters. The standard InChI is InChI=1S/C18H26N4S/c1-11-7-12(9-13(8-11)22(2)3)21-17-16-14-5-4-6-15(14)23-18(16)20-10-19-17/h10-13H,4-9H2,1-3H3,(H,19,20,21)/t11-,12+,13?/m1/s1. The Labute approximate surface area is 142 Å². The van der Waals surface area contributed by atoms with Crippen molar-refractivity contribution in [3.8, 4) is 0 Å². The second-order valence-electron chi connectivity index (χ2n) is 7.53. The molecule has 124 valence electrons. The molecule has 1 saturated carbocycles. The molecule has 4 rings (SSSR count). The molecular weight excluding hydrogens is 304 g/mol. The average molecular weight is 331 g/mol. The first kappa shape index (κ1) is 15.3. The fourth-order valence-corrected chi connectivity index (χ4v) is 5.57. The number of hydrogen-bond donors (Lipinski definition) is 1. The minimum Gasteiger partial charge on any atom is -0.367 e. The van der Waals surface area contributed by atoms with Crippen LogP contribution in [-0.4, -0.2) is 41.0 Å². The molecule has 0 radical (unpaired) electrons. The van der Waals surface area contributed by atoms with Crippen LogP contribution in [0.1, 0.15) is 43.0 Å². The maximum atomic E-state index is 4.62. The van der Waals surface area contributed by atoms with E-state index in [2.05, 4.69) is 41.2 Å². The Morgan fingerprint density at radius 2 is 2.04 bits per heavy atom. The molecule has 0 saturated heterocycles. The van der Waals surface area contributed by atoms with Gasteiger partial charge in [0.2, 0.25) is 0 Å². The largest absolute Gasteiger partial charge is 0.367 e. The number of thiophene rings is 1. The number of anilines is 1. The van der Waals surface area contributed by atoms with E-state index in [0.717, 1.165) is 11.7 Å². The van der Waals surface area contributed by atoms with Crippen molar-refractivity contribution in [1.29, 1.82) is 0 Å². The summed E-state index contributed by atoms with van der Waals surface area (Å²) in [5.41, 5.74) is 1.51. The minimum atomic E-state index is 0.515. The lowest BCUT2D eigenvalue weighted by molar-refractivity contribution is 0.183. The van der Waals surface area contributed by atoms with Crippen LogP contribution in [0.25, 0.3) is 10.2 Å². The Bertz CT molecular complexity index is 708. The van der Waals surface area contributed by atoms with Gasteiger partial charge in [-0.05, 0) is 64.1 Å². The van der Waals surface area contributed by atoms with E-state index in [0.29, 0.717) is 12.1 Å². The summed E-state index contributed by atoms with van der Waals surface area (Å²) in [5, 5.41) is 5.09. The van der Waals surface area contributed by atoms with E-state index in [9.17, 15) is 0 Å². The van der Waals surface area contributed by atoms with Gasteiger partial charge in [-0.1, -0.05) is 6.92 Å². The number of aromatic nitrogens is 2. The first-order valence-electron chi connectivity index (χ1n) is 8.80. The number of aryl methyl sites for hydroxylation is 2. The zero-order valence-electron chi connectivity index (χ0n) is 14.3. The van der Waals surface area contributed by atoms with Gasteiger partial charge in [0.15, 0.2) is 0 Å². The number of hydrogen-bond acceptors (Lipinski definition) is 5. The van der Waals surface area contributed by atoms with Crippen molar-refractivity contribution in [2.75, 3.05) is 19.4 Å². The van der Waals surface area contributed by atoms with Crippen LogP contribution in [0.3, 0.4) is 0 Å². The van der Waals surface area contributed by atoms with E-state index >= 15 is 0 Å². The molecule has 5 heteroatoms. The lowest BCUT2D eigenvalue weighted by Gasteiger charge is -2.37. The number of nitrogens with zero attached hydrogens (tertiary/aromatic N) is 3. The molecule has 2 aliphatic carbocycles. The van der Waals surface area contributed by atoms with E-state index in [4.69, 9.17) is 0 Å². The van der Waals surface area contributed by atoms with Crippen LogP contribution in [0.2, 0.25) is 0 Å². The Balaban J connectivity index is 1.62. The Kier molecular flexibility index (Phi) is 4.01. The zero-order valence-corrected chi connectivity index (χ0v) is 15.1. The second kappa shape index (κ2) is 6.02. The topological polar surface area (TPSA) is 41.0 Å². The molecule has 4 nitrogen and oxygen atoms in total. The highest BCUT2D eigenvalue weighted by molar-refractivity contribution is 7.19. The summed E-state index contributed by atoms with van der Waals surface area (Å²) < 4.78 is 0. The number of fused-ring (bicyclic) bond motifs is 3. The van der Waals surface area contributed by atoms with E-state index in [1.165, 1.54) is 59.2 Å². The quantitative estimate of drug-likeness (QED) is 0.931. The summed E-state index contributed by atoms with van der Waals surface area (Å²) in [6, 6.07) is 1.18. The van der Waals surface area contributed by atoms with Gasteiger partial charge in [0.25, 0.3) is 0 Å². The van der Waals surface area contributed by atoms with Crippen molar-refractivity contribution in [1.82, 2.24) is 14.9 Å². The summed E-state index contributed by atoms with van der Waals surface area (Å²) >= 11 is 1.87. The second-order valence-corrected chi connectivity index (χ2v) is 8.61. The van der Waals surface area contributed by atoms with E-state index in [1.54, 1.807) is 6.33 Å². The van der Waals surface area contributed by atoms with Crippen molar-refractivity contribution in [3.05, 3.63) is 16.8 Å². The molecule has 1 fully saturated rings. The monoisotopic (exact) mass is 330 g/mol. The molecule has 2 aromatic rings. The van der Waals surface area contributed by atoms with Crippen LogP contribution in [0.5, 0.6) is 0 Å². The summed E-state index contributed by atoms with van der Waals surface area (Å²) in [6.07, 6.45) is 9.17. The Morgan fingerprint density at radius 1 is 1.17 bits per heavy atom. The molecule has 0 spiro atoms. The van der Waals surface area contributed by atoms with Gasteiger partial charge in [0.05, 0.1) is 5.39 Å². The Morgan fingerprint density at radius 3 is 2.87 bits per heavy atom. The molecule has 3 atom stereocenters. The van der Waals surface area contributed by atoms with E-state index in [1.807, 2.05) is 11.3 Å². The molecule has 2 heterocycles. The molecule has 2 aromatic heterocycles. The van der Waals surface area contributed by atoms with Gasteiger partial charge < -0.3 is 10.2 Å². The summed E-state index contributed by atoms with van der Waals surface area (Å²) in [6.45, 7) is 2.38. The highest BCUT2D eigenvalue weighted by Gasteiger charge is 2.29. The lowest BCUT2D eigenvalue weighted by atomic mass is 9.83. The fraction of sp³-hybridized carbons (Fsp3) is 0.667. The van der Waals surface area contributed by atoms with E-state index < -0.39 is 0 Å². The summed E-state index contributed by atoms with van der Waals surface area (Å²) in [5.74, 6) is 1.84. The molecule has 0 aliphatic heterocycles. The third-order valence-corrected chi connectivity index (χ3v) is 6.69. The average Bonchev–Trinajstić information content (AvgIpc) is 3.07. The third kappa shape index (κ3) is 2.85. The molecule has 2 aliphatic rings. The van der Waals surface area contributed by atoms with Gasteiger partial charge in [0, 0.05) is 17.0 Å². The fourth-order valence-electron chi connectivity index (χ4n) is 4.34. The first-order chi connectivity index (χ1) is 11.1. The van der Waals surface area contributed by atoms with E-state index in [-0.39, 0.29) is 0 Å². The van der Waals surface area contributed by atoms with Crippen LogP contribution in [-0.2, 0) is 12.8 Å². The molecule has 23 heavy (non-hydrogen) atoms. The van der Waals surface area contributed by atoms with Gasteiger partial charge in [0.1, 0.15) is 17.0 Å². The lowest BCUT2D eigenvalue weighted by Crippen LogP contribution is -2.41. The molecular formula is C18H26N4S. The molecule has 0 aromatic carbocycles. The highest BCUT2D eigenvalue weighted by Crippen LogP contribution is 2.40. The van der Waals surface area contributed by atoms with Crippen molar-refractivity contribution >= 4 is 27.4 Å². The zero-order chi connectivity index (χ0) is 16.0. The smallest absolute Gasteiger partial charge is 0.138 e. The van der Waals surface area contributed by atoms with Gasteiger partial charge in [-0.2, -0.15) is 0 Å². The summed E-state index contributed by atoms with van der Waals surface area (Å²) in [7, 11) is 4.41. The maximum Gasteiger partial charge on any atom is 0.138 e. The molecule has 0 bridgehead atoms. The van der Waals surface area contributed by atoms with Crippen molar-refractivity contribution < 1.29 is 0 Å². The van der Waals surface area contributed by atoms with Crippen LogP contribution < -0.4 is 5.32 Å². The van der Waals surface area contributed by atoms with Crippen LogP contribution in [0.4, 0.5) is 5.82 Å². The van der Waals surface area contributed by atoms with Gasteiger partial charge in [-0.3, -0.25) is 0 Å². The summed E-state index contributed by atoms with van der Waals surface area (Å²) in [4.78, 5) is 14.2. The predicted octanol–water partition coefficient (Wildman–Crippen LogP) is 3.71. The van der Waals surface area contributed by atoms with Crippen LogP contribution >= 0.6 is 11.3 Å². The van der Waals surface area contributed by atoms with Gasteiger partial charge in [-0.25, -0.2) is 9.97 Å². The van der Waals surface area contributed by atoms with Crippen molar-refractivity contribution in [3.63, 3.8) is 0 Å². The van der Waals surface area contributed by atoms with Crippen molar-refractivity contribution in [2.24, 2.45) is 5.92 Å². The Hall–Kier alpha value is -1.20. The van der Waals surface area contributed by atoms with Gasteiger partial charge in [-0.15, -0.1) is 11.3 Å². The van der Waals surface area contributed by atoms with Gasteiger partial charge >= 0.3 is 0 Å². The number of nitrogens with one attached hydrogen (secondary N) is 1.